The van der Waals surface area contributed by atoms with E-state index in [1.807, 2.05) is 53.8 Å². The average Bonchev–Trinajstić information content (AvgIpc) is 2.80. The van der Waals surface area contributed by atoms with Crippen LogP contribution in [0.25, 0.3) is 22.5 Å². The molecule has 0 aliphatic heterocycles. The van der Waals surface area contributed by atoms with Gasteiger partial charge in [-0.2, -0.15) is 4.68 Å². The van der Waals surface area contributed by atoms with Gasteiger partial charge in [0.1, 0.15) is 5.82 Å². The summed E-state index contributed by atoms with van der Waals surface area (Å²) in [5.41, 5.74) is 3.90. The fourth-order valence-electron chi connectivity index (χ4n) is 2.74. The zero-order valence-electron chi connectivity index (χ0n) is 12.9. The number of benzene rings is 2. The monoisotopic (exact) mass is 297 g/mol. The van der Waals surface area contributed by atoms with Crippen molar-refractivity contribution in [3.05, 3.63) is 60.4 Å². The van der Waals surface area contributed by atoms with E-state index >= 15 is 0 Å². The molecule has 0 aliphatic rings. The second-order valence-corrected chi connectivity index (χ2v) is 5.15. The third-order valence-corrected chi connectivity index (χ3v) is 3.90. The van der Waals surface area contributed by atoms with Gasteiger partial charge in [0, 0.05) is 5.56 Å². The van der Waals surface area contributed by atoms with Crippen LogP contribution in [-0.2, 0) is 14.1 Å². The van der Waals surface area contributed by atoms with Crippen molar-refractivity contribution in [1.29, 1.82) is 0 Å². The van der Waals surface area contributed by atoms with Gasteiger partial charge in [-0.05, 0) is 36.4 Å². The number of nitrogens with zero attached hydrogens (tertiary/aromatic N) is 2. The third-order valence-electron chi connectivity index (χ3n) is 3.90. The van der Waals surface area contributed by atoms with Crippen molar-refractivity contribution in [2.75, 3.05) is 7.11 Å². The molecule has 0 radical (unpaired) electrons. The average molecular weight is 297 g/mol. The summed E-state index contributed by atoms with van der Waals surface area (Å²) in [6.45, 7) is 0. The molecule has 0 N–H and O–H groups in total. The molecule has 1 aromatic heterocycles. The lowest BCUT2D eigenvalue weighted by molar-refractivity contribution is -0.740. The number of aromatic nitrogens is 2. The molecule has 112 valence electrons. The van der Waals surface area contributed by atoms with Crippen molar-refractivity contribution in [3.63, 3.8) is 0 Å². The molecule has 0 saturated carbocycles. The SMILES string of the molecule is COc1c(-c2ccc(F)cc2)n(C)[n+](C)c1-c1ccccc1. The number of ether oxygens (including phenoxy) is 1. The molecule has 0 unspecified atom stereocenters. The van der Waals surface area contributed by atoms with Crippen molar-refractivity contribution in [3.8, 4) is 28.3 Å². The maximum atomic E-state index is 13.2. The minimum atomic E-state index is -0.246. The second-order valence-electron chi connectivity index (χ2n) is 5.15. The fraction of sp³-hybridized carbons (Fsp3) is 0.167. The van der Waals surface area contributed by atoms with Crippen LogP contribution in [0.5, 0.6) is 5.75 Å². The highest BCUT2D eigenvalue weighted by molar-refractivity contribution is 5.76. The lowest BCUT2D eigenvalue weighted by atomic mass is 10.1. The molecule has 2 aromatic carbocycles. The molecule has 0 saturated heterocycles. The zero-order chi connectivity index (χ0) is 15.7. The molecule has 3 rings (SSSR count). The number of hydrogen-bond donors (Lipinski definition) is 0. The Hall–Kier alpha value is -2.62. The Bertz CT molecular complexity index is 792. The van der Waals surface area contributed by atoms with E-state index in [0.29, 0.717) is 0 Å². The molecule has 0 amide bonds. The Balaban J connectivity index is 2.26. The van der Waals surface area contributed by atoms with E-state index in [2.05, 4.69) is 0 Å². The second kappa shape index (κ2) is 5.64. The molecule has 3 aromatic rings. The lowest BCUT2D eigenvalue weighted by Gasteiger charge is -2.03. The maximum absolute atomic E-state index is 13.2. The van der Waals surface area contributed by atoms with Crippen LogP contribution in [0, 0.1) is 5.82 Å². The summed E-state index contributed by atoms with van der Waals surface area (Å²) in [6, 6.07) is 16.5. The molecular formula is C18H18FN2O+. The first-order valence-electron chi connectivity index (χ1n) is 7.08. The molecule has 4 heteroatoms. The van der Waals surface area contributed by atoms with Gasteiger partial charge in [-0.15, -0.1) is 4.68 Å². The Morgan fingerprint density at radius 2 is 1.59 bits per heavy atom. The van der Waals surface area contributed by atoms with E-state index in [1.165, 1.54) is 12.1 Å². The van der Waals surface area contributed by atoms with E-state index in [9.17, 15) is 4.39 Å². The molecule has 0 spiro atoms. The highest BCUT2D eigenvalue weighted by Gasteiger charge is 2.29. The predicted octanol–water partition coefficient (Wildman–Crippen LogP) is 3.33. The number of rotatable bonds is 3. The van der Waals surface area contributed by atoms with Crippen molar-refractivity contribution >= 4 is 0 Å². The molecule has 0 bridgehead atoms. The van der Waals surface area contributed by atoms with E-state index in [0.717, 1.165) is 28.3 Å². The lowest BCUT2D eigenvalue weighted by Crippen LogP contribution is -2.39. The minimum Gasteiger partial charge on any atom is -0.489 e. The van der Waals surface area contributed by atoms with E-state index in [1.54, 1.807) is 19.2 Å². The standard InChI is InChI=1S/C18H18FN2O/c1-20-16(13-7-5-4-6-8-13)18(22-3)17(21(20)2)14-9-11-15(19)12-10-14/h4-12H,1-3H3/q+1. The molecule has 0 atom stereocenters. The summed E-state index contributed by atoms with van der Waals surface area (Å²) in [6.07, 6.45) is 0. The van der Waals surface area contributed by atoms with Crippen LogP contribution in [0.4, 0.5) is 4.39 Å². The summed E-state index contributed by atoms with van der Waals surface area (Å²) >= 11 is 0. The summed E-state index contributed by atoms with van der Waals surface area (Å²) in [7, 11) is 5.61. The Morgan fingerprint density at radius 3 is 2.18 bits per heavy atom. The van der Waals surface area contributed by atoms with Gasteiger partial charge in [-0.25, -0.2) is 4.39 Å². The summed E-state index contributed by atoms with van der Waals surface area (Å²) in [5.74, 6) is 0.535. The van der Waals surface area contributed by atoms with Gasteiger partial charge in [0.2, 0.25) is 5.75 Å². The van der Waals surface area contributed by atoms with Gasteiger partial charge in [0.15, 0.2) is 12.7 Å². The Morgan fingerprint density at radius 1 is 0.955 bits per heavy atom. The summed E-state index contributed by atoms with van der Waals surface area (Å²) in [5, 5.41) is 0. The molecule has 3 nitrogen and oxygen atoms in total. The number of methoxy groups -OCH3 is 1. The normalized spacial score (nSPS) is 10.7. The van der Waals surface area contributed by atoms with Gasteiger partial charge in [-0.1, -0.05) is 18.2 Å². The smallest absolute Gasteiger partial charge is 0.280 e. The van der Waals surface area contributed by atoms with Crippen LogP contribution in [0.2, 0.25) is 0 Å². The highest BCUT2D eigenvalue weighted by Crippen LogP contribution is 2.36. The molecule has 22 heavy (non-hydrogen) atoms. The number of halogens is 1. The Labute approximate surface area is 129 Å². The van der Waals surface area contributed by atoms with E-state index in [4.69, 9.17) is 4.74 Å². The first-order valence-corrected chi connectivity index (χ1v) is 7.08. The molecule has 0 fully saturated rings. The van der Waals surface area contributed by atoms with Gasteiger partial charge in [0.05, 0.1) is 19.7 Å². The fourth-order valence-corrected chi connectivity index (χ4v) is 2.74. The molecular weight excluding hydrogens is 279 g/mol. The Kier molecular flexibility index (Phi) is 3.67. The maximum Gasteiger partial charge on any atom is 0.280 e. The third kappa shape index (κ3) is 2.26. The van der Waals surface area contributed by atoms with Crippen molar-refractivity contribution < 1.29 is 13.8 Å². The topological polar surface area (TPSA) is 18.0 Å². The summed E-state index contributed by atoms with van der Waals surface area (Å²) in [4.78, 5) is 0. The van der Waals surface area contributed by atoms with Crippen LogP contribution in [0.1, 0.15) is 0 Å². The first-order chi connectivity index (χ1) is 10.6. The van der Waals surface area contributed by atoms with Crippen LogP contribution >= 0.6 is 0 Å². The van der Waals surface area contributed by atoms with Gasteiger partial charge in [-0.3, -0.25) is 0 Å². The quantitative estimate of drug-likeness (QED) is 0.678. The molecule has 0 aliphatic carbocycles. The first kappa shape index (κ1) is 14.3. The van der Waals surface area contributed by atoms with Crippen LogP contribution in [0.3, 0.4) is 0 Å². The zero-order valence-corrected chi connectivity index (χ0v) is 12.9. The van der Waals surface area contributed by atoms with Gasteiger partial charge >= 0.3 is 0 Å². The van der Waals surface area contributed by atoms with Crippen LogP contribution in [0.15, 0.2) is 54.6 Å². The van der Waals surface area contributed by atoms with Gasteiger partial charge < -0.3 is 4.74 Å². The van der Waals surface area contributed by atoms with E-state index < -0.39 is 0 Å². The van der Waals surface area contributed by atoms with Crippen molar-refractivity contribution in [1.82, 2.24) is 4.68 Å². The predicted molar refractivity (Wildman–Crippen MR) is 84.0 cm³/mol. The van der Waals surface area contributed by atoms with Crippen LogP contribution < -0.4 is 9.42 Å². The van der Waals surface area contributed by atoms with Crippen LogP contribution in [-0.4, -0.2) is 11.8 Å². The van der Waals surface area contributed by atoms with Gasteiger partial charge in [0.25, 0.3) is 5.69 Å². The van der Waals surface area contributed by atoms with E-state index in [-0.39, 0.29) is 5.82 Å². The molecule has 1 heterocycles. The van der Waals surface area contributed by atoms with Crippen molar-refractivity contribution in [2.45, 2.75) is 0 Å². The largest absolute Gasteiger partial charge is 0.489 e. The van der Waals surface area contributed by atoms with Crippen molar-refractivity contribution in [2.24, 2.45) is 14.1 Å². The number of hydrogen-bond acceptors (Lipinski definition) is 1. The highest BCUT2D eigenvalue weighted by atomic mass is 19.1. The summed E-state index contributed by atoms with van der Waals surface area (Å²) < 4.78 is 22.9. The minimum absolute atomic E-state index is 0.246.